The summed E-state index contributed by atoms with van der Waals surface area (Å²) in [7, 11) is -3.56. The number of nitrogens with zero attached hydrogens (tertiary/aromatic N) is 2. The SMILES string of the molecule is CCCn1cc(S(=O)(=O)NCC(C)(C)CCCl)nc1C. The molecule has 0 unspecified atom stereocenters. The minimum absolute atomic E-state index is 0.0881. The Bertz CT molecular complexity index is 538. The molecule has 116 valence electrons. The molecule has 5 nitrogen and oxygen atoms in total. The number of hydrogen-bond acceptors (Lipinski definition) is 3. The minimum Gasteiger partial charge on any atom is -0.334 e. The molecule has 0 saturated carbocycles. The van der Waals surface area contributed by atoms with Gasteiger partial charge in [-0.3, -0.25) is 0 Å². The number of aryl methyl sites for hydroxylation is 2. The smallest absolute Gasteiger partial charge is 0.259 e. The van der Waals surface area contributed by atoms with E-state index >= 15 is 0 Å². The molecule has 0 radical (unpaired) electrons. The number of rotatable bonds is 8. The first kappa shape index (κ1) is 17.5. The second-order valence-electron chi connectivity index (χ2n) is 5.75. The summed E-state index contributed by atoms with van der Waals surface area (Å²) in [5.74, 6) is 1.23. The summed E-state index contributed by atoms with van der Waals surface area (Å²) >= 11 is 5.72. The Morgan fingerprint density at radius 2 is 2.10 bits per heavy atom. The van der Waals surface area contributed by atoms with E-state index in [4.69, 9.17) is 11.6 Å². The lowest BCUT2D eigenvalue weighted by atomic mass is 9.91. The first-order chi connectivity index (χ1) is 9.22. The molecule has 0 bridgehead atoms. The van der Waals surface area contributed by atoms with E-state index in [9.17, 15) is 8.42 Å². The predicted octanol–water partition coefficient (Wildman–Crippen LogP) is 2.53. The third-order valence-electron chi connectivity index (χ3n) is 3.21. The molecule has 0 aromatic carbocycles. The quantitative estimate of drug-likeness (QED) is 0.748. The maximum Gasteiger partial charge on any atom is 0.259 e. The Morgan fingerprint density at radius 1 is 1.45 bits per heavy atom. The topological polar surface area (TPSA) is 64.0 Å². The van der Waals surface area contributed by atoms with Crippen molar-refractivity contribution in [3.63, 3.8) is 0 Å². The van der Waals surface area contributed by atoms with Gasteiger partial charge in [-0.05, 0) is 25.2 Å². The van der Waals surface area contributed by atoms with Gasteiger partial charge in [0.25, 0.3) is 10.0 Å². The molecule has 0 aliphatic rings. The van der Waals surface area contributed by atoms with Crippen LogP contribution in [0.1, 0.15) is 39.4 Å². The van der Waals surface area contributed by atoms with Crippen LogP contribution in [0, 0.1) is 12.3 Å². The van der Waals surface area contributed by atoms with Gasteiger partial charge in [-0.1, -0.05) is 20.8 Å². The fourth-order valence-corrected chi connectivity index (χ4v) is 3.54. The Hall–Kier alpha value is -0.590. The van der Waals surface area contributed by atoms with Gasteiger partial charge in [0.2, 0.25) is 0 Å². The van der Waals surface area contributed by atoms with E-state index in [2.05, 4.69) is 9.71 Å². The summed E-state index contributed by atoms with van der Waals surface area (Å²) in [4.78, 5) is 4.13. The lowest BCUT2D eigenvalue weighted by molar-refractivity contribution is 0.352. The fraction of sp³-hybridized carbons (Fsp3) is 0.769. The summed E-state index contributed by atoms with van der Waals surface area (Å²) in [5.41, 5.74) is -0.171. The van der Waals surface area contributed by atoms with Crippen LogP contribution < -0.4 is 4.72 Å². The lowest BCUT2D eigenvalue weighted by Crippen LogP contribution is -2.34. The second kappa shape index (κ2) is 6.91. The standard InChI is InChI=1S/C13H24ClN3O2S/c1-5-8-17-9-12(16-11(17)2)20(18,19)15-10-13(3,4)6-7-14/h9,15H,5-8,10H2,1-4H3. The van der Waals surface area contributed by atoms with Gasteiger partial charge in [-0.25, -0.2) is 18.1 Å². The Balaban J connectivity index is 2.81. The van der Waals surface area contributed by atoms with E-state index in [1.54, 1.807) is 6.20 Å². The van der Waals surface area contributed by atoms with Gasteiger partial charge in [0, 0.05) is 25.2 Å². The molecule has 1 aromatic heterocycles. The van der Waals surface area contributed by atoms with Gasteiger partial charge in [-0.15, -0.1) is 11.6 Å². The van der Waals surface area contributed by atoms with Crippen LogP contribution in [-0.2, 0) is 16.6 Å². The van der Waals surface area contributed by atoms with Crippen LogP contribution in [0.5, 0.6) is 0 Å². The molecular weight excluding hydrogens is 298 g/mol. The maximum absolute atomic E-state index is 12.2. The molecule has 0 aliphatic carbocycles. The number of hydrogen-bond donors (Lipinski definition) is 1. The number of imidazole rings is 1. The normalized spacial score (nSPS) is 12.8. The van der Waals surface area contributed by atoms with E-state index in [0.29, 0.717) is 18.2 Å². The zero-order valence-electron chi connectivity index (χ0n) is 12.6. The Morgan fingerprint density at radius 3 is 2.65 bits per heavy atom. The Kier molecular flexibility index (Phi) is 6.04. The monoisotopic (exact) mass is 321 g/mol. The lowest BCUT2D eigenvalue weighted by Gasteiger charge is -2.23. The first-order valence-corrected chi connectivity index (χ1v) is 8.83. The molecule has 1 heterocycles. The van der Waals surface area contributed by atoms with E-state index in [1.807, 2.05) is 32.3 Å². The van der Waals surface area contributed by atoms with Crippen LogP contribution in [0.2, 0.25) is 0 Å². The molecule has 0 saturated heterocycles. The van der Waals surface area contributed by atoms with Crippen LogP contribution in [0.4, 0.5) is 0 Å². The molecule has 7 heteroatoms. The van der Waals surface area contributed by atoms with Crippen molar-refractivity contribution in [1.29, 1.82) is 0 Å². The first-order valence-electron chi connectivity index (χ1n) is 6.81. The zero-order chi connectivity index (χ0) is 15.4. The third-order valence-corrected chi connectivity index (χ3v) is 4.67. The molecule has 20 heavy (non-hydrogen) atoms. The molecule has 0 aliphatic heterocycles. The van der Waals surface area contributed by atoms with Crippen molar-refractivity contribution in [2.45, 2.75) is 52.1 Å². The maximum atomic E-state index is 12.2. The van der Waals surface area contributed by atoms with Crippen molar-refractivity contribution in [3.8, 4) is 0 Å². The number of nitrogens with one attached hydrogen (secondary N) is 1. The highest BCUT2D eigenvalue weighted by molar-refractivity contribution is 7.89. The van der Waals surface area contributed by atoms with Gasteiger partial charge in [0.05, 0.1) is 0 Å². The van der Waals surface area contributed by atoms with Crippen LogP contribution in [0.25, 0.3) is 0 Å². The molecule has 1 aromatic rings. The highest BCUT2D eigenvalue weighted by Crippen LogP contribution is 2.20. The Labute approximate surface area is 126 Å². The van der Waals surface area contributed by atoms with Crippen molar-refractivity contribution in [3.05, 3.63) is 12.0 Å². The van der Waals surface area contributed by atoms with Gasteiger partial charge in [0.1, 0.15) is 5.82 Å². The summed E-state index contributed by atoms with van der Waals surface area (Å²) in [6.45, 7) is 8.94. The largest absolute Gasteiger partial charge is 0.334 e. The van der Waals surface area contributed by atoms with E-state index in [0.717, 1.165) is 19.4 Å². The zero-order valence-corrected chi connectivity index (χ0v) is 14.2. The number of aromatic nitrogens is 2. The molecule has 1 rings (SSSR count). The predicted molar refractivity (Wildman–Crippen MR) is 81.6 cm³/mol. The number of sulfonamides is 1. The van der Waals surface area contributed by atoms with Gasteiger partial charge in [-0.2, -0.15) is 0 Å². The summed E-state index contributed by atoms with van der Waals surface area (Å²) in [6, 6.07) is 0. The highest BCUT2D eigenvalue weighted by atomic mass is 35.5. The molecular formula is C13H24ClN3O2S. The van der Waals surface area contributed by atoms with Crippen molar-refractivity contribution in [2.75, 3.05) is 12.4 Å². The minimum atomic E-state index is -3.56. The number of halogens is 1. The van der Waals surface area contributed by atoms with Gasteiger partial charge < -0.3 is 4.57 Å². The van der Waals surface area contributed by atoms with Gasteiger partial charge >= 0.3 is 0 Å². The summed E-state index contributed by atoms with van der Waals surface area (Å²) < 4.78 is 28.9. The molecule has 1 N–H and O–H groups in total. The number of alkyl halides is 1. The van der Waals surface area contributed by atoms with Crippen LogP contribution in [-0.4, -0.2) is 30.4 Å². The van der Waals surface area contributed by atoms with Crippen molar-refractivity contribution in [1.82, 2.24) is 14.3 Å². The molecule has 0 spiro atoms. The summed E-state index contributed by atoms with van der Waals surface area (Å²) in [5, 5.41) is 0.0881. The molecule has 0 atom stereocenters. The van der Waals surface area contributed by atoms with E-state index in [1.165, 1.54) is 0 Å². The summed E-state index contributed by atoms with van der Waals surface area (Å²) in [6.07, 6.45) is 3.28. The molecule has 0 fully saturated rings. The molecule has 0 amide bonds. The fourth-order valence-electron chi connectivity index (χ4n) is 1.78. The average Bonchev–Trinajstić information content (AvgIpc) is 2.70. The van der Waals surface area contributed by atoms with E-state index < -0.39 is 10.0 Å². The van der Waals surface area contributed by atoms with E-state index in [-0.39, 0.29) is 10.4 Å². The third kappa shape index (κ3) is 4.75. The average molecular weight is 322 g/mol. The van der Waals surface area contributed by atoms with Gasteiger partial charge in [0.15, 0.2) is 5.03 Å². The van der Waals surface area contributed by atoms with Crippen molar-refractivity contribution in [2.24, 2.45) is 5.41 Å². The highest BCUT2D eigenvalue weighted by Gasteiger charge is 2.24. The van der Waals surface area contributed by atoms with Crippen LogP contribution in [0.15, 0.2) is 11.2 Å². The second-order valence-corrected chi connectivity index (χ2v) is 7.84. The van der Waals surface area contributed by atoms with Crippen LogP contribution in [0.3, 0.4) is 0 Å². The van der Waals surface area contributed by atoms with Crippen molar-refractivity contribution >= 4 is 21.6 Å². The van der Waals surface area contributed by atoms with Crippen molar-refractivity contribution < 1.29 is 8.42 Å². The van der Waals surface area contributed by atoms with Crippen LogP contribution >= 0.6 is 11.6 Å².